The lowest BCUT2D eigenvalue weighted by atomic mass is 10.0. The highest BCUT2D eigenvalue weighted by molar-refractivity contribution is 7.92. The van der Waals surface area contributed by atoms with E-state index in [0.29, 0.717) is 17.1 Å². The predicted molar refractivity (Wildman–Crippen MR) is 182 cm³/mol. The molecule has 2 amide bonds. The summed E-state index contributed by atoms with van der Waals surface area (Å²) in [5.41, 5.74) is 2.64. The van der Waals surface area contributed by atoms with Gasteiger partial charge in [0, 0.05) is 24.5 Å². The lowest BCUT2D eigenvalue weighted by Gasteiger charge is -2.34. The number of anilines is 1. The number of nitrogens with one attached hydrogen (secondary N) is 1. The maximum Gasteiger partial charge on any atom is 0.264 e. The van der Waals surface area contributed by atoms with E-state index in [2.05, 4.69) is 5.32 Å². The number of amides is 2. The summed E-state index contributed by atoms with van der Waals surface area (Å²) >= 11 is 6.32. The van der Waals surface area contributed by atoms with Gasteiger partial charge >= 0.3 is 0 Å². The molecule has 46 heavy (non-hydrogen) atoms. The Morgan fingerprint density at radius 1 is 0.870 bits per heavy atom. The Labute approximate surface area is 277 Å². The molecule has 242 valence electrons. The van der Waals surface area contributed by atoms with E-state index >= 15 is 0 Å². The molecule has 1 unspecified atom stereocenters. The zero-order valence-electron chi connectivity index (χ0n) is 26.5. The summed E-state index contributed by atoms with van der Waals surface area (Å²) in [6.07, 6.45) is 0.219. The third kappa shape index (κ3) is 8.89. The smallest absolute Gasteiger partial charge is 0.264 e. The van der Waals surface area contributed by atoms with E-state index in [-0.39, 0.29) is 41.1 Å². The highest BCUT2D eigenvalue weighted by Crippen LogP contribution is 2.33. The first-order valence-corrected chi connectivity index (χ1v) is 16.9. The second-order valence-corrected chi connectivity index (χ2v) is 13.8. The molecule has 0 radical (unpaired) electrons. The van der Waals surface area contributed by atoms with Crippen LogP contribution in [0.15, 0.2) is 108 Å². The Balaban J connectivity index is 1.83. The largest absolute Gasteiger partial charge is 0.495 e. The van der Waals surface area contributed by atoms with Gasteiger partial charge in [-0.2, -0.15) is 0 Å². The van der Waals surface area contributed by atoms with Gasteiger partial charge in [-0.15, -0.1) is 0 Å². The average molecular weight is 662 g/mol. The molecule has 0 aliphatic carbocycles. The van der Waals surface area contributed by atoms with Crippen LogP contribution < -0.4 is 14.4 Å². The van der Waals surface area contributed by atoms with E-state index in [0.717, 1.165) is 15.4 Å². The van der Waals surface area contributed by atoms with E-state index in [4.69, 9.17) is 16.3 Å². The lowest BCUT2D eigenvalue weighted by Crippen LogP contribution is -2.53. The van der Waals surface area contributed by atoms with Crippen molar-refractivity contribution in [2.75, 3.05) is 24.5 Å². The molecule has 0 fully saturated rings. The van der Waals surface area contributed by atoms with Crippen molar-refractivity contribution in [2.24, 2.45) is 5.92 Å². The van der Waals surface area contributed by atoms with E-state index in [9.17, 15) is 18.0 Å². The molecular formula is C36H40ClN3O5S. The Bertz CT molecular complexity index is 1730. The number of aryl methyl sites for hydroxylation is 1. The zero-order valence-corrected chi connectivity index (χ0v) is 28.1. The number of sulfonamides is 1. The standard InChI is InChI=1S/C36H40ClN3O5S/c1-26(2)23-38-36(42)33(22-28-11-6-5-7-12-28)39(24-29-13-10-14-30(37)21-29)35(41)25-40(32-15-8-9-16-34(32)45-4)46(43,44)31-19-17-27(3)18-20-31/h5-21,26,33H,22-25H2,1-4H3,(H,38,42). The van der Waals surface area contributed by atoms with Gasteiger partial charge in [-0.3, -0.25) is 13.9 Å². The SMILES string of the molecule is COc1ccccc1N(CC(=O)N(Cc1cccc(Cl)c1)C(Cc1ccccc1)C(=O)NCC(C)C)S(=O)(=O)c1ccc(C)cc1. The molecule has 8 nitrogen and oxygen atoms in total. The van der Waals surface area contributed by atoms with Gasteiger partial charge in [0.2, 0.25) is 11.8 Å². The molecule has 0 spiro atoms. The number of rotatable bonds is 14. The lowest BCUT2D eigenvalue weighted by molar-refractivity contribution is -0.140. The quantitative estimate of drug-likeness (QED) is 0.172. The van der Waals surface area contributed by atoms with Crippen molar-refractivity contribution >= 4 is 39.1 Å². The highest BCUT2D eigenvalue weighted by atomic mass is 35.5. The second kappa shape index (κ2) is 15.8. The van der Waals surface area contributed by atoms with Crippen molar-refractivity contribution in [3.05, 3.63) is 125 Å². The summed E-state index contributed by atoms with van der Waals surface area (Å²) in [7, 11) is -2.81. The van der Waals surface area contributed by atoms with Crippen molar-refractivity contribution in [1.29, 1.82) is 0 Å². The third-order valence-corrected chi connectivity index (χ3v) is 9.45. The number of carbonyl (C=O) groups excluding carboxylic acids is 2. The van der Waals surface area contributed by atoms with Crippen LogP contribution >= 0.6 is 11.6 Å². The summed E-state index contributed by atoms with van der Waals surface area (Å²) < 4.78 is 35.1. The molecule has 1 atom stereocenters. The van der Waals surface area contributed by atoms with E-state index in [1.165, 1.54) is 24.1 Å². The van der Waals surface area contributed by atoms with Crippen LogP contribution in [0.25, 0.3) is 0 Å². The van der Waals surface area contributed by atoms with Crippen LogP contribution in [0.4, 0.5) is 5.69 Å². The molecule has 4 aromatic carbocycles. The highest BCUT2D eigenvalue weighted by Gasteiger charge is 2.35. The molecule has 4 rings (SSSR count). The van der Waals surface area contributed by atoms with Crippen molar-refractivity contribution in [2.45, 2.75) is 44.7 Å². The summed E-state index contributed by atoms with van der Waals surface area (Å²) in [5.74, 6) is -0.442. The normalized spacial score (nSPS) is 12.0. The molecule has 0 aromatic heterocycles. The van der Waals surface area contributed by atoms with Gasteiger partial charge in [0.15, 0.2) is 0 Å². The Kier molecular flexibility index (Phi) is 11.8. The molecule has 1 N–H and O–H groups in total. The van der Waals surface area contributed by atoms with Crippen molar-refractivity contribution in [1.82, 2.24) is 10.2 Å². The number of halogens is 1. The molecule has 0 heterocycles. The van der Waals surface area contributed by atoms with Crippen LogP contribution in [-0.4, -0.2) is 51.4 Å². The second-order valence-electron chi connectivity index (χ2n) is 11.5. The number of carbonyl (C=O) groups is 2. The predicted octanol–water partition coefficient (Wildman–Crippen LogP) is 6.26. The fourth-order valence-corrected chi connectivity index (χ4v) is 6.63. The number of para-hydroxylation sites is 2. The molecule has 0 aliphatic rings. The van der Waals surface area contributed by atoms with E-state index in [1.54, 1.807) is 54.6 Å². The van der Waals surface area contributed by atoms with Crippen molar-refractivity contribution in [3.63, 3.8) is 0 Å². The number of hydrogen-bond acceptors (Lipinski definition) is 5. The molecule has 0 saturated carbocycles. The average Bonchev–Trinajstić information content (AvgIpc) is 3.04. The minimum Gasteiger partial charge on any atom is -0.495 e. The minimum atomic E-state index is -4.25. The van der Waals surface area contributed by atoms with Gasteiger partial charge in [0.05, 0.1) is 17.7 Å². The number of benzene rings is 4. The van der Waals surface area contributed by atoms with Gasteiger partial charge in [-0.05, 0) is 60.4 Å². The number of methoxy groups -OCH3 is 1. The Morgan fingerprint density at radius 2 is 1.52 bits per heavy atom. The number of nitrogens with zero attached hydrogens (tertiary/aromatic N) is 2. The van der Waals surface area contributed by atoms with Crippen LogP contribution in [0, 0.1) is 12.8 Å². The molecular weight excluding hydrogens is 622 g/mol. The van der Waals surface area contributed by atoms with Gasteiger partial charge in [-0.1, -0.05) is 97.7 Å². The zero-order chi connectivity index (χ0) is 33.3. The van der Waals surface area contributed by atoms with Gasteiger partial charge in [0.25, 0.3) is 10.0 Å². The van der Waals surface area contributed by atoms with E-state index < -0.39 is 28.5 Å². The van der Waals surface area contributed by atoms with Crippen LogP contribution in [-0.2, 0) is 32.6 Å². The molecule has 0 bridgehead atoms. The van der Waals surface area contributed by atoms with Crippen LogP contribution in [0.1, 0.15) is 30.5 Å². The fourth-order valence-electron chi connectivity index (χ4n) is 5.00. The summed E-state index contributed by atoms with van der Waals surface area (Å²) in [5, 5.41) is 3.47. The fraction of sp³-hybridized carbons (Fsp3) is 0.278. The Hall–Kier alpha value is -4.34. The number of ether oxygens (including phenoxy) is 1. The van der Waals surface area contributed by atoms with Crippen molar-refractivity contribution < 1.29 is 22.7 Å². The number of hydrogen-bond donors (Lipinski definition) is 1. The molecule has 10 heteroatoms. The van der Waals surface area contributed by atoms with Gasteiger partial charge in [0.1, 0.15) is 18.3 Å². The first kappa shape index (κ1) is 34.5. The first-order chi connectivity index (χ1) is 22.0. The van der Waals surface area contributed by atoms with Crippen LogP contribution in [0.2, 0.25) is 5.02 Å². The molecule has 0 aliphatic heterocycles. The maximum absolute atomic E-state index is 14.6. The molecule has 0 saturated heterocycles. The summed E-state index contributed by atoms with van der Waals surface area (Å²) in [4.78, 5) is 29.9. The van der Waals surface area contributed by atoms with Crippen molar-refractivity contribution in [3.8, 4) is 5.75 Å². The van der Waals surface area contributed by atoms with Gasteiger partial charge in [-0.25, -0.2) is 8.42 Å². The monoisotopic (exact) mass is 661 g/mol. The first-order valence-electron chi connectivity index (χ1n) is 15.1. The van der Waals surface area contributed by atoms with Crippen LogP contribution in [0.3, 0.4) is 0 Å². The molecule has 4 aromatic rings. The topological polar surface area (TPSA) is 96.0 Å². The van der Waals surface area contributed by atoms with Crippen LogP contribution in [0.5, 0.6) is 5.75 Å². The van der Waals surface area contributed by atoms with E-state index in [1.807, 2.05) is 57.2 Å². The summed E-state index contributed by atoms with van der Waals surface area (Å²) in [6.45, 7) is 5.70. The minimum absolute atomic E-state index is 0.0220. The van der Waals surface area contributed by atoms with Gasteiger partial charge < -0.3 is 15.0 Å². The third-order valence-electron chi connectivity index (χ3n) is 7.44. The maximum atomic E-state index is 14.6. The Morgan fingerprint density at radius 3 is 2.17 bits per heavy atom. The summed E-state index contributed by atoms with van der Waals surface area (Å²) in [6, 6.07) is 28.6.